The number of isocyanates is 1. The summed E-state index contributed by atoms with van der Waals surface area (Å²) in [5.41, 5.74) is 2.89. The SMILES string of the molecule is CC(=O)N1CCc2c1cccc2C1(N=C=O)CCCC1. The normalized spacial score (nSPS) is 19.6. The van der Waals surface area contributed by atoms with Crippen LogP contribution in [0, 0.1) is 0 Å². The van der Waals surface area contributed by atoms with Crippen LogP contribution in [0.15, 0.2) is 23.2 Å². The number of fused-ring (bicyclic) bond motifs is 1. The highest BCUT2D eigenvalue weighted by atomic mass is 16.2. The molecule has 1 amide bonds. The molecule has 1 aromatic rings. The van der Waals surface area contributed by atoms with Crippen molar-refractivity contribution in [2.24, 2.45) is 4.99 Å². The van der Waals surface area contributed by atoms with Gasteiger partial charge in [0.2, 0.25) is 12.0 Å². The molecule has 0 saturated heterocycles. The van der Waals surface area contributed by atoms with Gasteiger partial charge in [-0.25, -0.2) is 4.79 Å². The summed E-state index contributed by atoms with van der Waals surface area (Å²) in [4.78, 5) is 28.5. The Morgan fingerprint density at radius 3 is 2.75 bits per heavy atom. The number of anilines is 1. The van der Waals surface area contributed by atoms with Crippen molar-refractivity contribution in [3.05, 3.63) is 29.3 Å². The van der Waals surface area contributed by atoms with E-state index in [9.17, 15) is 9.59 Å². The van der Waals surface area contributed by atoms with Crippen molar-refractivity contribution in [2.75, 3.05) is 11.4 Å². The Morgan fingerprint density at radius 2 is 2.10 bits per heavy atom. The van der Waals surface area contributed by atoms with Crippen LogP contribution in [-0.2, 0) is 21.5 Å². The van der Waals surface area contributed by atoms with Crippen molar-refractivity contribution in [2.45, 2.75) is 44.6 Å². The second kappa shape index (κ2) is 4.88. The van der Waals surface area contributed by atoms with E-state index in [2.05, 4.69) is 11.1 Å². The smallest absolute Gasteiger partial charge is 0.235 e. The van der Waals surface area contributed by atoms with Crippen LogP contribution in [0.1, 0.15) is 43.7 Å². The van der Waals surface area contributed by atoms with Gasteiger partial charge in [0.1, 0.15) is 0 Å². The van der Waals surface area contributed by atoms with Crippen LogP contribution in [-0.4, -0.2) is 18.5 Å². The van der Waals surface area contributed by atoms with Crippen LogP contribution in [0.2, 0.25) is 0 Å². The van der Waals surface area contributed by atoms with Gasteiger partial charge in [0, 0.05) is 19.2 Å². The van der Waals surface area contributed by atoms with Gasteiger partial charge in [-0.2, -0.15) is 4.99 Å². The predicted octanol–water partition coefficient (Wildman–Crippen LogP) is 2.70. The Kier molecular flexibility index (Phi) is 3.19. The second-order valence-electron chi connectivity index (χ2n) is 5.67. The number of carbonyl (C=O) groups is 1. The molecule has 0 radical (unpaired) electrons. The average molecular weight is 270 g/mol. The van der Waals surface area contributed by atoms with E-state index < -0.39 is 5.54 Å². The lowest BCUT2D eigenvalue weighted by molar-refractivity contribution is -0.116. The van der Waals surface area contributed by atoms with Crippen molar-refractivity contribution >= 4 is 17.7 Å². The van der Waals surface area contributed by atoms with Crippen LogP contribution in [0.25, 0.3) is 0 Å². The number of benzene rings is 1. The standard InChI is InChI=1S/C16H18N2O2/c1-12(20)18-10-7-13-14(5-4-6-15(13)18)16(17-11-19)8-2-3-9-16/h4-6H,2-3,7-10H2,1H3. The molecule has 4 nitrogen and oxygen atoms in total. The van der Waals surface area contributed by atoms with E-state index in [1.807, 2.05) is 17.0 Å². The lowest BCUT2D eigenvalue weighted by atomic mass is 9.84. The number of carbonyl (C=O) groups excluding carboxylic acids is 2. The third-order valence-electron chi connectivity index (χ3n) is 4.60. The fourth-order valence-corrected chi connectivity index (χ4v) is 3.69. The van der Waals surface area contributed by atoms with Gasteiger partial charge in [0.25, 0.3) is 0 Å². The number of hydrogen-bond acceptors (Lipinski definition) is 3. The summed E-state index contributed by atoms with van der Waals surface area (Å²) >= 11 is 0. The van der Waals surface area contributed by atoms with Gasteiger partial charge in [0.15, 0.2) is 0 Å². The van der Waals surface area contributed by atoms with Gasteiger partial charge in [-0.15, -0.1) is 0 Å². The van der Waals surface area contributed by atoms with Gasteiger partial charge in [-0.05, 0) is 36.5 Å². The van der Waals surface area contributed by atoms with Crippen molar-refractivity contribution in [3.8, 4) is 0 Å². The molecule has 104 valence electrons. The minimum Gasteiger partial charge on any atom is -0.312 e. The minimum atomic E-state index is -0.403. The third-order valence-corrected chi connectivity index (χ3v) is 4.60. The molecule has 0 aromatic heterocycles. The maximum Gasteiger partial charge on any atom is 0.235 e. The van der Waals surface area contributed by atoms with E-state index in [1.165, 1.54) is 5.56 Å². The largest absolute Gasteiger partial charge is 0.312 e. The molecule has 20 heavy (non-hydrogen) atoms. The zero-order chi connectivity index (χ0) is 14.2. The van der Waals surface area contributed by atoms with Crippen molar-refractivity contribution < 1.29 is 9.59 Å². The zero-order valence-corrected chi connectivity index (χ0v) is 11.7. The summed E-state index contributed by atoms with van der Waals surface area (Å²) in [6.45, 7) is 2.32. The molecule has 1 aromatic carbocycles. The zero-order valence-electron chi connectivity index (χ0n) is 11.7. The summed E-state index contributed by atoms with van der Waals surface area (Å²) in [5, 5.41) is 0. The maximum atomic E-state index is 11.7. The third kappa shape index (κ3) is 1.88. The summed E-state index contributed by atoms with van der Waals surface area (Å²) in [6.07, 6.45) is 6.60. The summed E-state index contributed by atoms with van der Waals surface area (Å²) < 4.78 is 0. The second-order valence-corrected chi connectivity index (χ2v) is 5.67. The number of aliphatic imine (C=N–C) groups is 1. The highest BCUT2D eigenvalue weighted by Gasteiger charge is 2.39. The molecule has 0 spiro atoms. The van der Waals surface area contributed by atoms with Crippen LogP contribution in [0.5, 0.6) is 0 Å². The number of amides is 1. The molecule has 0 unspecified atom stereocenters. The van der Waals surface area contributed by atoms with Gasteiger partial charge in [-0.1, -0.05) is 25.0 Å². The van der Waals surface area contributed by atoms with Crippen LogP contribution < -0.4 is 4.90 Å². The predicted molar refractivity (Wildman–Crippen MR) is 76.4 cm³/mol. The van der Waals surface area contributed by atoms with Crippen molar-refractivity contribution in [1.82, 2.24) is 0 Å². The molecule has 1 heterocycles. The molecular weight excluding hydrogens is 252 g/mol. The first-order valence-corrected chi connectivity index (χ1v) is 7.17. The van der Waals surface area contributed by atoms with Gasteiger partial charge < -0.3 is 4.90 Å². The molecule has 4 heteroatoms. The first kappa shape index (κ1) is 13.1. The minimum absolute atomic E-state index is 0.0697. The fraction of sp³-hybridized carbons (Fsp3) is 0.500. The maximum absolute atomic E-state index is 11.7. The average Bonchev–Trinajstić information content (AvgIpc) is 3.05. The fourth-order valence-electron chi connectivity index (χ4n) is 3.69. The van der Waals surface area contributed by atoms with Crippen molar-refractivity contribution in [3.63, 3.8) is 0 Å². The molecule has 1 fully saturated rings. The summed E-state index contributed by atoms with van der Waals surface area (Å²) in [6, 6.07) is 6.02. The molecule has 1 saturated carbocycles. The lowest BCUT2D eigenvalue weighted by Gasteiger charge is -2.26. The van der Waals surface area contributed by atoms with E-state index in [0.717, 1.165) is 49.9 Å². The van der Waals surface area contributed by atoms with Crippen LogP contribution in [0.3, 0.4) is 0 Å². The molecule has 2 aliphatic rings. The Bertz CT molecular complexity index is 596. The van der Waals surface area contributed by atoms with E-state index in [-0.39, 0.29) is 5.91 Å². The Balaban J connectivity index is 2.12. The monoisotopic (exact) mass is 270 g/mol. The Hall–Kier alpha value is -1.93. The lowest BCUT2D eigenvalue weighted by Crippen LogP contribution is -2.25. The highest BCUT2D eigenvalue weighted by molar-refractivity contribution is 5.94. The van der Waals surface area contributed by atoms with Gasteiger partial charge in [-0.3, -0.25) is 4.79 Å². The van der Waals surface area contributed by atoms with E-state index in [0.29, 0.717) is 0 Å². The quantitative estimate of drug-likeness (QED) is 0.613. The molecule has 1 aliphatic carbocycles. The Labute approximate surface area is 118 Å². The number of rotatable bonds is 2. The molecule has 0 N–H and O–H groups in total. The number of hydrogen-bond donors (Lipinski definition) is 0. The molecule has 1 aliphatic heterocycles. The number of nitrogens with zero attached hydrogens (tertiary/aromatic N) is 2. The first-order chi connectivity index (χ1) is 9.68. The van der Waals surface area contributed by atoms with E-state index in [1.54, 1.807) is 13.0 Å². The molecule has 0 bridgehead atoms. The first-order valence-electron chi connectivity index (χ1n) is 7.17. The van der Waals surface area contributed by atoms with E-state index >= 15 is 0 Å². The molecule has 0 atom stereocenters. The Morgan fingerprint density at radius 1 is 1.35 bits per heavy atom. The van der Waals surface area contributed by atoms with Crippen LogP contribution in [0.4, 0.5) is 5.69 Å². The molecule has 3 rings (SSSR count). The van der Waals surface area contributed by atoms with Crippen molar-refractivity contribution in [1.29, 1.82) is 0 Å². The summed E-state index contributed by atoms with van der Waals surface area (Å²) in [7, 11) is 0. The summed E-state index contributed by atoms with van der Waals surface area (Å²) in [5.74, 6) is 0.0697. The van der Waals surface area contributed by atoms with E-state index in [4.69, 9.17) is 0 Å². The molecular formula is C16H18N2O2. The van der Waals surface area contributed by atoms with Gasteiger partial charge in [0.05, 0.1) is 5.54 Å². The topological polar surface area (TPSA) is 49.7 Å². The highest BCUT2D eigenvalue weighted by Crippen LogP contribution is 2.46. The van der Waals surface area contributed by atoms with Crippen LogP contribution >= 0.6 is 0 Å². The van der Waals surface area contributed by atoms with Gasteiger partial charge >= 0.3 is 0 Å².